The Bertz CT molecular complexity index is 1370. The summed E-state index contributed by atoms with van der Waals surface area (Å²) in [4.78, 5) is 37.3. The zero-order valence-corrected chi connectivity index (χ0v) is 43.5. The second-order valence-corrected chi connectivity index (χ2v) is 18.8. The lowest BCUT2D eigenvalue weighted by molar-refractivity contribution is -0.870. The number of carboxylic acid groups (broad SMARTS) is 1. The third-order valence-electron chi connectivity index (χ3n) is 11.1. The Morgan fingerprint density at radius 2 is 0.851 bits per heavy atom. The van der Waals surface area contributed by atoms with Crippen LogP contribution in [0.15, 0.2) is 85.1 Å². The first-order valence-electron chi connectivity index (χ1n) is 26.8. The molecule has 0 heterocycles. The van der Waals surface area contributed by atoms with Crippen LogP contribution in [0, 0.1) is 0 Å². The third-order valence-corrected chi connectivity index (χ3v) is 11.1. The molecule has 9 heteroatoms. The van der Waals surface area contributed by atoms with Crippen molar-refractivity contribution in [3.05, 3.63) is 85.1 Å². The highest BCUT2D eigenvalue weighted by molar-refractivity contribution is 5.71. The summed E-state index contributed by atoms with van der Waals surface area (Å²) in [5.74, 6) is -2.03. The summed E-state index contributed by atoms with van der Waals surface area (Å²) in [5, 5.41) is 9.68. The highest BCUT2D eigenvalue weighted by atomic mass is 16.7. The predicted molar refractivity (Wildman–Crippen MR) is 281 cm³/mol. The SMILES string of the molecule is CC/C=C\C/C=C\C/C=C\C/C=C\C/C=C\CCCCCCCCCCCC(=O)OC(COC(=O)CCCCCCCCC/C=C\C/C=C\CCCCC)COC(OCC[N+](C)(C)C)C(=O)O. The van der Waals surface area contributed by atoms with Crippen molar-refractivity contribution in [1.29, 1.82) is 0 Å². The van der Waals surface area contributed by atoms with Gasteiger partial charge in [-0.2, -0.15) is 0 Å². The van der Waals surface area contributed by atoms with Crippen molar-refractivity contribution in [3.63, 3.8) is 0 Å². The van der Waals surface area contributed by atoms with Crippen molar-refractivity contribution in [1.82, 2.24) is 0 Å². The standard InChI is InChI=1S/C58H99NO8/c1-6-8-10-12-14-16-18-20-22-24-25-26-27-28-29-30-31-33-35-37-39-41-43-45-47-49-56(61)67-54(53-66-58(57(62)63)64-51-50-59(3,4)5)52-65-55(60)48-46-44-42-40-38-36-34-32-23-21-19-17-15-13-11-9-7-2/h8,10,14-17,20-23,25-26,28-29,54,58H,6-7,9,11-13,18-19,24,27,30-53H2,1-5H3/p+1/b10-8-,16-14-,17-15-,22-20-,23-21-,26-25-,29-28-. The highest BCUT2D eigenvalue weighted by Crippen LogP contribution is 2.14. The van der Waals surface area contributed by atoms with Gasteiger partial charge in [-0.1, -0.05) is 189 Å². The Morgan fingerprint density at radius 3 is 1.27 bits per heavy atom. The van der Waals surface area contributed by atoms with E-state index in [1.807, 2.05) is 21.1 Å². The van der Waals surface area contributed by atoms with Gasteiger partial charge < -0.3 is 28.5 Å². The molecule has 9 nitrogen and oxygen atoms in total. The van der Waals surface area contributed by atoms with Crippen molar-refractivity contribution in [2.45, 2.75) is 219 Å². The number of carbonyl (C=O) groups is 3. The van der Waals surface area contributed by atoms with Crippen molar-refractivity contribution < 1.29 is 42.9 Å². The fourth-order valence-electron chi connectivity index (χ4n) is 7.01. The van der Waals surface area contributed by atoms with Crippen molar-refractivity contribution >= 4 is 17.9 Å². The van der Waals surface area contributed by atoms with E-state index < -0.39 is 24.3 Å². The number of aliphatic carboxylic acids is 1. The smallest absolute Gasteiger partial charge is 0.361 e. The van der Waals surface area contributed by atoms with Gasteiger partial charge in [-0.15, -0.1) is 0 Å². The number of ether oxygens (including phenoxy) is 4. The molecular formula is C58H100NO8+. The molecule has 0 aliphatic rings. The van der Waals surface area contributed by atoms with Crippen LogP contribution < -0.4 is 0 Å². The molecule has 0 aromatic rings. The lowest BCUT2D eigenvalue weighted by Gasteiger charge is -2.25. The lowest BCUT2D eigenvalue weighted by atomic mass is 10.1. The average molecular weight is 939 g/mol. The summed E-state index contributed by atoms with van der Waals surface area (Å²) in [7, 11) is 5.95. The Hall–Kier alpha value is -3.53. The maximum absolute atomic E-state index is 12.8. The van der Waals surface area contributed by atoms with Crippen LogP contribution in [-0.2, 0) is 33.3 Å². The van der Waals surface area contributed by atoms with Crippen molar-refractivity contribution in [2.24, 2.45) is 0 Å². The molecule has 0 amide bonds. The van der Waals surface area contributed by atoms with Crippen LogP contribution in [0.25, 0.3) is 0 Å². The van der Waals surface area contributed by atoms with Crippen LogP contribution in [0.2, 0.25) is 0 Å². The topological polar surface area (TPSA) is 108 Å². The Balaban J connectivity index is 4.34. The van der Waals surface area contributed by atoms with Gasteiger partial charge in [0.25, 0.3) is 6.29 Å². The van der Waals surface area contributed by atoms with Crippen molar-refractivity contribution in [2.75, 3.05) is 47.5 Å². The first-order chi connectivity index (χ1) is 32.6. The lowest BCUT2D eigenvalue weighted by Crippen LogP contribution is -2.40. The number of quaternary nitrogens is 1. The van der Waals surface area contributed by atoms with Gasteiger partial charge in [-0.05, 0) is 89.9 Å². The van der Waals surface area contributed by atoms with Gasteiger partial charge in [0.05, 0.1) is 34.4 Å². The molecule has 67 heavy (non-hydrogen) atoms. The summed E-state index contributed by atoms with van der Waals surface area (Å²) >= 11 is 0. The van der Waals surface area contributed by atoms with E-state index in [0.717, 1.165) is 96.3 Å². The molecule has 2 atom stereocenters. The van der Waals surface area contributed by atoms with E-state index in [0.29, 0.717) is 17.4 Å². The van der Waals surface area contributed by atoms with Gasteiger partial charge >= 0.3 is 17.9 Å². The van der Waals surface area contributed by atoms with Crippen LogP contribution in [0.5, 0.6) is 0 Å². The van der Waals surface area contributed by atoms with E-state index in [9.17, 15) is 19.5 Å². The first-order valence-corrected chi connectivity index (χ1v) is 26.8. The second-order valence-electron chi connectivity index (χ2n) is 18.8. The van der Waals surface area contributed by atoms with E-state index in [4.69, 9.17) is 18.9 Å². The molecule has 0 aromatic carbocycles. The number of carbonyl (C=O) groups excluding carboxylic acids is 2. The number of unbranched alkanes of at least 4 members (excludes halogenated alkanes) is 19. The molecule has 0 bridgehead atoms. The second kappa shape index (κ2) is 48.9. The quantitative estimate of drug-likeness (QED) is 0.0211. The molecule has 0 spiro atoms. The van der Waals surface area contributed by atoms with Crippen LogP contribution in [0.4, 0.5) is 0 Å². The summed E-state index contributed by atoms with van der Waals surface area (Å²) in [6.45, 7) is 4.71. The number of hydrogen-bond acceptors (Lipinski definition) is 7. The van der Waals surface area contributed by atoms with Crippen molar-refractivity contribution in [3.8, 4) is 0 Å². The molecule has 1 N–H and O–H groups in total. The molecule has 0 saturated heterocycles. The molecule has 0 aromatic heterocycles. The van der Waals surface area contributed by atoms with E-state index in [2.05, 4.69) is 98.9 Å². The molecular weight excluding hydrogens is 839 g/mol. The van der Waals surface area contributed by atoms with Gasteiger partial charge in [0.1, 0.15) is 13.2 Å². The van der Waals surface area contributed by atoms with Crippen LogP contribution >= 0.6 is 0 Å². The molecule has 0 fully saturated rings. The maximum atomic E-state index is 12.8. The predicted octanol–water partition coefficient (Wildman–Crippen LogP) is 15.2. The Labute approximate surface area is 410 Å². The molecule has 0 aliphatic heterocycles. The average Bonchev–Trinajstić information content (AvgIpc) is 3.29. The van der Waals surface area contributed by atoms with Crippen LogP contribution in [-0.4, -0.2) is 87.4 Å². The molecule has 2 unspecified atom stereocenters. The van der Waals surface area contributed by atoms with Crippen LogP contribution in [0.1, 0.15) is 206 Å². The van der Waals surface area contributed by atoms with Crippen LogP contribution in [0.3, 0.4) is 0 Å². The van der Waals surface area contributed by atoms with E-state index >= 15 is 0 Å². The summed E-state index contributed by atoms with van der Waals surface area (Å²) in [5.41, 5.74) is 0. The number of carboxylic acids is 1. The molecule has 0 radical (unpaired) electrons. The van der Waals surface area contributed by atoms with Gasteiger partial charge in [0.2, 0.25) is 0 Å². The number of allylic oxidation sites excluding steroid dienone is 14. The maximum Gasteiger partial charge on any atom is 0.361 e. The number of rotatable bonds is 48. The molecule has 0 rings (SSSR count). The largest absolute Gasteiger partial charge is 0.477 e. The fraction of sp³-hybridized carbons (Fsp3) is 0.707. The van der Waals surface area contributed by atoms with Gasteiger partial charge in [-0.25, -0.2) is 4.79 Å². The molecule has 0 saturated carbocycles. The minimum absolute atomic E-state index is 0.181. The van der Waals surface area contributed by atoms with Gasteiger partial charge in [-0.3, -0.25) is 9.59 Å². The number of nitrogens with zero attached hydrogens (tertiary/aromatic N) is 1. The number of likely N-dealkylation sites (N-methyl/N-ethyl adjacent to an activating group) is 1. The summed E-state index contributed by atoms with van der Waals surface area (Å²) in [6, 6.07) is 0. The fourth-order valence-corrected chi connectivity index (χ4v) is 7.01. The van der Waals surface area contributed by atoms with Gasteiger partial charge in [0, 0.05) is 12.8 Å². The zero-order valence-electron chi connectivity index (χ0n) is 43.5. The zero-order chi connectivity index (χ0) is 49.2. The Kier molecular flexibility index (Phi) is 46.3. The monoisotopic (exact) mass is 939 g/mol. The summed E-state index contributed by atoms with van der Waals surface area (Å²) in [6.07, 6.45) is 60.7. The molecule has 384 valence electrons. The van der Waals surface area contributed by atoms with Gasteiger partial charge in [0.15, 0.2) is 6.10 Å². The highest BCUT2D eigenvalue weighted by Gasteiger charge is 2.25. The Morgan fingerprint density at radius 1 is 0.463 bits per heavy atom. The number of esters is 2. The minimum atomic E-state index is -1.52. The summed E-state index contributed by atoms with van der Waals surface area (Å²) < 4.78 is 22.8. The normalized spacial score (nSPS) is 13.5. The van der Waals surface area contributed by atoms with E-state index in [-0.39, 0.29) is 38.6 Å². The number of hydrogen-bond donors (Lipinski definition) is 1. The first kappa shape index (κ1) is 63.5. The van der Waals surface area contributed by atoms with E-state index in [1.165, 1.54) is 77.0 Å². The third kappa shape index (κ3) is 50.2. The van der Waals surface area contributed by atoms with E-state index in [1.54, 1.807) is 0 Å². The molecule has 0 aliphatic carbocycles. The minimum Gasteiger partial charge on any atom is -0.477 e.